The summed E-state index contributed by atoms with van der Waals surface area (Å²) in [5, 5.41) is 11.8. The molecule has 7 heteroatoms. The Balaban J connectivity index is 1.38. The van der Waals surface area contributed by atoms with Gasteiger partial charge in [0.05, 0.1) is 0 Å². The molecule has 1 aliphatic carbocycles. The number of alkyl carbamates (subject to hydrolysis) is 1. The number of hydrogen-bond acceptors (Lipinski definition) is 4. The number of carboxylic acids is 1. The van der Waals surface area contributed by atoms with E-state index in [0.717, 1.165) is 22.3 Å². The van der Waals surface area contributed by atoms with E-state index in [0.29, 0.717) is 19.4 Å². The molecule has 0 spiro atoms. The molecule has 2 aromatic carbocycles. The van der Waals surface area contributed by atoms with Crippen molar-refractivity contribution in [2.45, 2.75) is 37.8 Å². The molecular weight excluding hydrogens is 384 g/mol. The van der Waals surface area contributed by atoms with Crippen molar-refractivity contribution in [2.24, 2.45) is 0 Å². The van der Waals surface area contributed by atoms with Crippen LogP contribution >= 0.6 is 0 Å². The van der Waals surface area contributed by atoms with E-state index < -0.39 is 30.1 Å². The highest BCUT2D eigenvalue weighted by molar-refractivity contribution is 5.89. The zero-order valence-corrected chi connectivity index (χ0v) is 16.7. The molecule has 2 aromatic rings. The molecule has 0 bridgehead atoms. The Morgan fingerprint density at radius 2 is 1.70 bits per heavy atom. The fraction of sp³-hybridized carbons (Fsp3) is 0.348. The van der Waals surface area contributed by atoms with E-state index >= 15 is 0 Å². The largest absolute Gasteiger partial charge is 0.480 e. The van der Waals surface area contributed by atoms with Crippen LogP contribution in [0.1, 0.15) is 36.8 Å². The first kappa shape index (κ1) is 19.9. The van der Waals surface area contributed by atoms with E-state index in [-0.39, 0.29) is 12.5 Å². The van der Waals surface area contributed by atoms with Crippen molar-refractivity contribution in [3.63, 3.8) is 0 Å². The second-order valence-electron chi connectivity index (χ2n) is 7.72. The van der Waals surface area contributed by atoms with Crippen LogP contribution < -0.4 is 5.32 Å². The maximum Gasteiger partial charge on any atom is 0.407 e. The minimum absolute atomic E-state index is 0.0656. The summed E-state index contributed by atoms with van der Waals surface area (Å²) in [5.41, 5.74) is 4.49. The third-order valence-corrected chi connectivity index (χ3v) is 5.87. The van der Waals surface area contributed by atoms with Crippen molar-refractivity contribution in [3.05, 3.63) is 59.7 Å². The number of carbonyl (C=O) groups excluding carboxylic acids is 2. The van der Waals surface area contributed by atoms with Crippen molar-refractivity contribution in [3.8, 4) is 11.1 Å². The van der Waals surface area contributed by atoms with Crippen LogP contribution in [0.15, 0.2) is 48.5 Å². The summed E-state index contributed by atoms with van der Waals surface area (Å²) in [5.74, 6) is -1.49. The van der Waals surface area contributed by atoms with Gasteiger partial charge >= 0.3 is 12.1 Å². The number of ether oxygens (including phenoxy) is 1. The van der Waals surface area contributed by atoms with E-state index in [2.05, 4.69) is 17.4 Å². The number of nitrogens with one attached hydrogen (secondary N) is 1. The first-order chi connectivity index (χ1) is 14.5. The lowest BCUT2D eigenvalue weighted by Gasteiger charge is -2.25. The molecule has 2 N–H and O–H groups in total. The third-order valence-electron chi connectivity index (χ3n) is 5.87. The number of likely N-dealkylation sites (tertiary alicyclic amines) is 1. The normalized spacial score (nSPS) is 18.4. The molecule has 2 aliphatic rings. The fourth-order valence-corrected chi connectivity index (χ4v) is 4.41. The number of amides is 2. The van der Waals surface area contributed by atoms with Gasteiger partial charge in [0, 0.05) is 12.5 Å². The van der Waals surface area contributed by atoms with E-state index in [1.807, 2.05) is 36.4 Å². The van der Waals surface area contributed by atoms with E-state index in [9.17, 15) is 19.5 Å². The lowest BCUT2D eigenvalue weighted by Crippen LogP contribution is -2.50. The summed E-state index contributed by atoms with van der Waals surface area (Å²) in [7, 11) is 0. The molecular formula is C23H24N2O5. The summed E-state index contributed by atoms with van der Waals surface area (Å²) in [4.78, 5) is 37.5. The van der Waals surface area contributed by atoms with Crippen molar-refractivity contribution in [2.75, 3.05) is 13.2 Å². The average molecular weight is 408 g/mol. The Morgan fingerprint density at radius 3 is 2.30 bits per heavy atom. The smallest absolute Gasteiger partial charge is 0.407 e. The Labute approximate surface area is 174 Å². The highest BCUT2D eigenvalue weighted by Gasteiger charge is 2.36. The number of nitrogens with zero attached hydrogens (tertiary/aromatic N) is 1. The van der Waals surface area contributed by atoms with Gasteiger partial charge in [-0.3, -0.25) is 4.79 Å². The van der Waals surface area contributed by atoms with E-state index in [4.69, 9.17) is 4.74 Å². The Bertz CT molecular complexity index is 944. The molecule has 156 valence electrons. The first-order valence-corrected chi connectivity index (χ1v) is 10.1. The van der Waals surface area contributed by atoms with Crippen molar-refractivity contribution in [1.82, 2.24) is 10.2 Å². The molecule has 0 radical (unpaired) electrons. The number of carboxylic acid groups (broad SMARTS) is 1. The highest BCUT2D eigenvalue weighted by Crippen LogP contribution is 2.44. The standard InChI is InChI=1S/C23H24N2O5/c1-14(21(26)25-12-6-11-20(25)22(27)28)24-23(29)30-13-19-17-9-4-2-7-15(17)16-8-3-5-10-18(16)19/h2-5,7-10,14,19-20H,6,11-13H2,1H3,(H,24,29)(H,27,28)/t14-,20+/m1/s1. The molecule has 2 atom stereocenters. The van der Waals surface area contributed by atoms with Gasteiger partial charge in [0.15, 0.2) is 0 Å². The molecule has 0 saturated carbocycles. The predicted molar refractivity (Wildman–Crippen MR) is 110 cm³/mol. The van der Waals surface area contributed by atoms with Gasteiger partial charge in [0.25, 0.3) is 0 Å². The van der Waals surface area contributed by atoms with Crippen molar-refractivity contribution < 1.29 is 24.2 Å². The van der Waals surface area contributed by atoms with Gasteiger partial charge < -0.3 is 20.1 Å². The molecule has 30 heavy (non-hydrogen) atoms. The Morgan fingerprint density at radius 1 is 1.10 bits per heavy atom. The van der Waals surface area contributed by atoms with Crippen LogP contribution in [0.2, 0.25) is 0 Å². The van der Waals surface area contributed by atoms with Gasteiger partial charge in [0.2, 0.25) is 5.91 Å². The van der Waals surface area contributed by atoms with Crippen LogP contribution in [0.5, 0.6) is 0 Å². The number of rotatable bonds is 5. The molecule has 2 amide bonds. The Hall–Kier alpha value is -3.35. The molecule has 7 nitrogen and oxygen atoms in total. The number of aliphatic carboxylic acids is 1. The molecule has 1 saturated heterocycles. The average Bonchev–Trinajstić information content (AvgIpc) is 3.35. The lowest BCUT2D eigenvalue weighted by atomic mass is 9.98. The second-order valence-corrected chi connectivity index (χ2v) is 7.72. The van der Waals surface area contributed by atoms with Crippen LogP contribution in [0.4, 0.5) is 4.79 Å². The van der Waals surface area contributed by atoms with E-state index in [1.54, 1.807) is 6.92 Å². The van der Waals surface area contributed by atoms with Crippen LogP contribution in [0.25, 0.3) is 11.1 Å². The number of hydrogen-bond donors (Lipinski definition) is 2. The van der Waals surface area contributed by atoms with Crippen molar-refractivity contribution >= 4 is 18.0 Å². The van der Waals surface area contributed by atoms with Gasteiger partial charge in [0.1, 0.15) is 18.7 Å². The number of carbonyl (C=O) groups is 3. The first-order valence-electron chi connectivity index (χ1n) is 10.1. The van der Waals surface area contributed by atoms with Crippen molar-refractivity contribution in [1.29, 1.82) is 0 Å². The molecule has 0 aromatic heterocycles. The summed E-state index contributed by atoms with van der Waals surface area (Å²) in [6, 6.07) is 14.4. The highest BCUT2D eigenvalue weighted by atomic mass is 16.5. The fourth-order valence-electron chi connectivity index (χ4n) is 4.41. The molecule has 1 fully saturated rings. The van der Waals surface area contributed by atoms with Gasteiger partial charge in [-0.05, 0) is 42.0 Å². The zero-order valence-electron chi connectivity index (χ0n) is 16.7. The molecule has 0 unspecified atom stereocenters. The molecule has 1 aliphatic heterocycles. The minimum atomic E-state index is -1.02. The second kappa shape index (κ2) is 8.18. The third kappa shape index (κ3) is 3.63. The minimum Gasteiger partial charge on any atom is -0.480 e. The number of fused-ring (bicyclic) bond motifs is 3. The molecule has 1 heterocycles. The topological polar surface area (TPSA) is 95.9 Å². The van der Waals surface area contributed by atoms with Gasteiger partial charge in [-0.2, -0.15) is 0 Å². The van der Waals surface area contributed by atoms with Gasteiger partial charge in [-0.15, -0.1) is 0 Å². The summed E-state index contributed by atoms with van der Waals surface area (Å²) in [6.07, 6.45) is 0.378. The van der Waals surface area contributed by atoms with Crippen LogP contribution in [-0.4, -0.2) is 53.2 Å². The van der Waals surface area contributed by atoms with Gasteiger partial charge in [-0.1, -0.05) is 48.5 Å². The monoisotopic (exact) mass is 408 g/mol. The van der Waals surface area contributed by atoms with E-state index in [1.165, 1.54) is 4.90 Å². The maximum atomic E-state index is 12.6. The van der Waals surface area contributed by atoms with Gasteiger partial charge in [-0.25, -0.2) is 9.59 Å². The summed E-state index contributed by atoms with van der Waals surface area (Å²) < 4.78 is 5.46. The maximum absolute atomic E-state index is 12.6. The number of benzene rings is 2. The predicted octanol–water partition coefficient (Wildman–Crippen LogP) is 2.99. The SMILES string of the molecule is C[C@@H](NC(=O)OCC1c2ccccc2-c2ccccc21)C(=O)N1CCC[C@H]1C(=O)O. The molecule has 4 rings (SSSR count). The summed E-state index contributed by atoms with van der Waals surface area (Å²) >= 11 is 0. The van der Waals surface area contributed by atoms with Crippen LogP contribution in [0, 0.1) is 0 Å². The Kier molecular flexibility index (Phi) is 5.44. The van der Waals surface area contributed by atoms with Crippen LogP contribution in [0.3, 0.4) is 0 Å². The zero-order chi connectivity index (χ0) is 21.3. The lowest BCUT2D eigenvalue weighted by molar-refractivity contribution is -0.148. The van der Waals surface area contributed by atoms with Crippen LogP contribution in [-0.2, 0) is 14.3 Å². The quantitative estimate of drug-likeness (QED) is 0.793. The summed E-state index contributed by atoms with van der Waals surface area (Å²) in [6.45, 7) is 2.08.